The Bertz CT molecular complexity index is 570. The van der Waals surface area contributed by atoms with Crippen LogP contribution in [0.5, 0.6) is 0 Å². The van der Waals surface area contributed by atoms with Crippen molar-refractivity contribution >= 4 is 0 Å². The van der Waals surface area contributed by atoms with E-state index in [4.69, 9.17) is 0 Å². The van der Waals surface area contributed by atoms with Gasteiger partial charge in [0.15, 0.2) is 0 Å². The van der Waals surface area contributed by atoms with Gasteiger partial charge in [-0.15, -0.1) is 0 Å². The molecule has 1 heterocycles. The number of fused-ring (bicyclic) bond motifs is 1. The number of aromatic nitrogens is 1. The van der Waals surface area contributed by atoms with E-state index in [9.17, 15) is 5.11 Å². The number of hydrogen-bond donors (Lipinski definition) is 2. The summed E-state index contributed by atoms with van der Waals surface area (Å²) in [5.74, 6) is 0. The molecule has 0 fully saturated rings. The van der Waals surface area contributed by atoms with Gasteiger partial charge in [-0.2, -0.15) is 0 Å². The highest BCUT2D eigenvalue weighted by molar-refractivity contribution is 5.35. The molecule has 1 aliphatic carbocycles. The third-order valence-corrected chi connectivity index (χ3v) is 4.00. The highest BCUT2D eigenvalue weighted by atomic mass is 16.3. The molecule has 1 atom stereocenters. The van der Waals surface area contributed by atoms with Gasteiger partial charge < -0.3 is 10.4 Å². The molecule has 1 unspecified atom stereocenters. The zero-order valence-electron chi connectivity index (χ0n) is 11.5. The first-order chi connectivity index (χ1) is 9.78. The molecular formula is C17H20N2O. The summed E-state index contributed by atoms with van der Waals surface area (Å²) < 4.78 is 0. The number of pyridine rings is 1. The first kappa shape index (κ1) is 13.3. The van der Waals surface area contributed by atoms with Gasteiger partial charge in [0.2, 0.25) is 0 Å². The van der Waals surface area contributed by atoms with E-state index >= 15 is 0 Å². The second-order valence-corrected chi connectivity index (χ2v) is 5.47. The zero-order valence-corrected chi connectivity index (χ0v) is 11.5. The van der Waals surface area contributed by atoms with E-state index in [2.05, 4.69) is 22.4 Å². The number of aryl methyl sites for hydroxylation is 1. The lowest BCUT2D eigenvalue weighted by Gasteiger charge is -2.34. The normalized spacial score (nSPS) is 21.4. The Balaban J connectivity index is 1.68. The largest absolute Gasteiger partial charge is 0.384 e. The lowest BCUT2D eigenvalue weighted by atomic mass is 9.79. The van der Waals surface area contributed by atoms with Crippen LogP contribution >= 0.6 is 0 Å². The molecule has 0 saturated carbocycles. The molecule has 0 saturated heterocycles. The SMILES string of the molecule is OC1(CNCc2ccccn2)CCCc2ccccc21. The van der Waals surface area contributed by atoms with E-state index < -0.39 is 5.60 Å². The minimum Gasteiger partial charge on any atom is -0.384 e. The Morgan fingerprint density at radius 3 is 2.85 bits per heavy atom. The van der Waals surface area contributed by atoms with Crippen LogP contribution in [0, 0.1) is 0 Å². The first-order valence-corrected chi connectivity index (χ1v) is 7.19. The third-order valence-electron chi connectivity index (χ3n) is 4.00. The Hall–Kier alpha value is -1.71. The molecule has 1 aliphatic rings. The van der Waals surface area contributed by atoms with Crippen LogP contribution in [0.1, 0.15) is 29.7 Å². The predicted octanol–water partition coefficient (Wildman–Crippen LogP) is 2.40. The van der Waals surface area contributed by atoms with E-state index in [1.807, 2.05) is 30.3 Å². The van der Waals surface area contributed by atoms with Crippen molar-refractivity contribution in [1.82, 2.24) is 10.3 Å². The topological polar surface area (TPSA) is 45.1 Å². The Labute approximate surface area is 119 Å². The Morgan fingerprint density at radius 1 is 1.15 bits per heavy atom. The van der Waals surface area contributed by atoms with Crippen LogP contribution in [0.4, 0.5) is 0 Å². The van der Waals surface area contributed by atoms with Crippen LogP contribution < -0.4 is 5.32 Å². The summed E-state index contributed by atoms with van der Waals surface area (Å²) in [6.45, 7) is 1.26. The molecule has 1 aromatic carbocycles. The second-order valence-electron chi connectivity index (χ2n) is 5.47. The summed E-state index contributed by atoms with van der Waals surface area (Å²) in [7, 11) is 0. The molecule has 0 bridgehead atoms. The summed E-state index contributed by atoms with van der Waals surface area (Å²) in [4.78, 5) is 4.28. The fourth-order valence-corrected chi connectivity index (χ4v) is 2.98. The standard InChI is InChI=1S/C17H20N2O/c20-17(13-18-12-15-8-3-4-11-19-15)10-5-7-14-6-1-2-9-16(14)17/h1-4,6,8-9,11,18,20H,5,7,10,12-13H2. The van der Waals surface area contributed by atoms with Gasteiger partial charge in [-0.3, -0.25) is 4.98 Å². The van der Waals surface area contributed by atoms with Crippen LogP contribution in [0.3, 0.4) is 0 Å². The third kappa shape index (κ3) is 2.74. The lowest BCUT2D eigenvalue weighted by molar-refractivity contribution is 0.0189. The van der Waals surface area contributed by atoms with Crippen LogP contribution in [-0.4, -0.2) is 16.6 Å². The molecule has 0 radical (unpaired) electrons. The van der Waals surface area contributed by atoms with Gasteiger partial charge in [0.1, 0.15) is 5.60 Å². The molecule has 2 aromatic rings. The van der Waals surface area contributed by atoms with Crippen molar-refractivity contribution in [2.75, 3.05) is 6.54 Å². The monoisotopic (exact) mass is 268 g/mol. The summed E-state index contributed by atoms with van der Waals surface area (Å²) in [5, 5.41) is 14.3. The Morgan fingerprint density at radius 2 is 2.00 bits per heavy atom. The molecule has 104 valence electrons. The molecule has 20 heavy (non-hydrogen) atoms. The summed E-state index contributed by atoms with van der Waals surface area (Å²) in [5.41, 5.74) is 2.62. The average Bonchev–Trinajstić information content (AvgIpc) is 2.49. The summed E-state index contributed by atoms with van der Waals surface area (Å²) in [6.07, 6.45) is 4.72. The van der Waals surface area contributed by atoms with Crippen molar-refractivity contribution in [3.05, 3.63) is 65.5 Å². The first-order valence-electron chi connectivity index (χ1n) is 7.19. The van der Waals surface area contributed by atoms with Gasteiger partial charge in [0, 0.05) is 19.3 Å². The van der Waals surface area contributed by atoms with Crippen molar-refractivity contribution < 1.29 is 5.11 Å². The van der Waals surface area contributed by atoms with Gasteiger partial charge >= 0.3 is 0 Å². The van der Waals surface area contributed by atoms with Gasteiger partial charge in [-0.25, -0.2) is 0 Å². The molecule has 1 aromatic heterocycles. The molecule has 0 aliphatic heterocycles. The maximum atomic E-state index is 10.9. The summed E-state index contributed by atoms with van der Waals surface area (Å²) in [6, 6.07) is 14.1. The quantitative estimate of drug-likeness (QED) is 0.895. The van der Waals surface area contributed by atoms with Gasteiger partial charge in [0.05, 0.1) is 5.69 Å². The molecule has 0 spiro atoms. The predicted molar refractivity (Wildman–Crippen MR) is 79.2 cm³/mol. The highest BCUT2D eigenvalue weighted by Crippen LogP contribution is 2.34. The van der Waals surface area contributed by atoms with Crippen molar-refractivity contribution in [3.8, 4) is 0 Å². The fraction of sp³-hybridized carbons (Fsp3) is 0.353. The molecule has 3 nitrogen and oxygen atoms in total. The van der Waals surface area contributed by atoms with Gasteiger partial charge in [-0.1, -0.05) is 30.3 Å². The minimum absolute atomic E-state index is 0.570. The van der Waals surface area contributed by atoms with Crippen LogP contribution in [0.2, 0.25) is 0 Å². The Kier molecular flexibility index (Phi) is 3.81. The fourth-order valence-electron chi connectivity index (χ4n) is 2.98. The maximum Gasteiger partial charge on any atom is 0.102 e. The number of benzene rings is 1. The number of nitrogens with zero attached hydrogens (tertiary/aromatic N) is 1. The van der Waals surface area contributed by atoms with Crippen molar-refractivity contribution in [2.24, 2.45) is 0 Å². The minimum atomic E-state index is -0.746. The smallest absolute Gasteiger partial charge is 0.102 e. The zero-order chi connectivity index (χ0) is 13.8. The van der Waals surface area contributed by atoms with Crippen molar-refractivity contribution in [3.63, 3.8) is 0 Å². The van der Waals surface area contributed by atoms with E-state index in [0.717, 1.165) is 30.5 Å². The van der Waals surface area contributed by atoms with Crippen LogP contribution in [-0.2, 0) is 18.6 Å². The van der Waals surface area contributed by atoms with Gasteiger partial charge in [0.25, 0.3) is 0 Å². The highest BCUT2D eigenvalue weighted by Gasteiger charge is 2.33. The molecular weight excluding hydrogens is 248 g/mol. The number of hydrogen-bond acceptors (Lipinski definition) is 3. The van der Waals surface area contributed by atoms with E-state index in [1.165, 1.54) is 5.56 Å². The molecule has 0 amide bonds. The van der Waals surface area contributed by atoms with Gasteiger partial charge in [-0.05, 0) is 42.5 Å². The van der Waals surface area contributed by atoms with E-state index in [0.29, 0.717) is 13.1 Å². The second kappa shape index (κ2) is 5.73. The van der Waals surface area contributed by atoms with E-state index in [1.54, 1.807) is 6.20 Å². The lowest BCUT2D eigenvalue weighted by Crippen LogP contribution is -2.40. The average molecular weight is 268 g/mol. The van der Waals surface area contributed by atoms with Crippen LogP contribution in [0.15, 0.2) is 48.7 Å². The summed E-state index contributed by atoms with van der Waals surface area (Å²) >= 11 is 0. The molecule has 3 rings (SSSR count). The number of nitrogens with one attached hydrogen (secondary N) is 1. The van der Waals surface area contributed by atoms with Crippen molar-refractivity contribution in [1.29, 1.82) is 0 Å². The van der Waals surface area contributed by atoms with Crippen molar-refractivity contribution in [2.45, 2.75) is 31.4 Å². The van der Waals surface area contributed by atoms with E-state index in [-0.39, 0.29) is 0 Å². The molecule has 3 heteroatoms. The van der Waals surface area contributed by atoms with Crippen LogP contribution in [0.25, 0.3) is 0 Å². The maximum absolute atomic E-state index is 10.9. The number of rotatable bonds is 4. The molecule has 2 N–H and O–H groups in total. The number of aliphatic hydroxyl groups is 1.